The second-order valence-electron chi connectivity index (χ2n) is 2.49. The molecule has 1 aliphatic carbocycles. The zero-order chi connectivity index (χ0) is 5.98. The molecule has 0 aromatic rings. The number of hydrogen-bond acceptors (Lipinski definition) is 1. The Morgan fingerprint density at radius 2 is 1.89 bits per heavy atom. The van der Waals surface area contributed by atoms with E-state index in [2.05, 4.69) is 0 Å². The van der Waals surface area contributed by atoms with Gasteiger partial charge in [-0.1, -0.05) is 0 Å². The van der Waals surface area contributed by atoms with Crippen LogP contribution < -0.4 is 5.73 Å². The van der Waals surface area contributed by atoms with Gasteiger partial charge in [-0.15, -0.1) is 12.4 Å². The van der Waals surface area contributed by atoms with Crippen LogP contribution in [0.4, 0.5) is 4.39 Å². The number of alkyl halides is 1. The van der Waals surface area contributed by atoms with Crippen molar-refractivity contribution in [1.82, 2.24) is 0 Å². The van der Waals surface area contributed by atoms with Crippen molar-refractivity contribution in [3.63, 3.8) is 0 Å². The van der Waals surface area contributed by atoms with Crippen LogP contribution in [0.15, 0.2) is 0 Å². The molecule has 0 aliphatic heterocycles. The van der Waals surface area contributed by atoms with Crippen LogP contribution in [-0.2, 0) is 0 Å². The van der Waals surface area contributed by atoms with Crippen LogP contribution >= 0.6 is 12.4 Å². The van der Waals surface area contributed by atoms with Crippen LogP contribution in [0.25, 0.3) is 0 Å². The summed E-state index contributed by atoms with van der Waals surface area (Å²) in [4.78, 5) is 0. The summed E-state index contributed by atoms with van der Waals surface area (Å²) in [6, 6.07) is 0. The SMILES string of the molecule is Cl.NC[C@H]1CC[C@@H]1CF. The van der Waals surface area contributed by atoms with Crippen LogP contribution in [0.2, 0.25) is 0 Å². The van der Waals surface area contributed by atoms with Gasteiger partial charge in [-0.05, 0) is 31.2 Å². The lowest BCUT2D eigenvalue weighted by atomic mass is 9.75. The highest BCUT2D eigenvalue weighted by atomic mass is 35.5. The smallest absolute Gasteiger partial charge is 0.0925 e. The molecule has 0 aromatic heterocycles. The second-order valence-corrected chi connectivity index (χ2v) is 2.49. The molecule has 1 fully saturated rings. The molecule has 0 spiro atoms. The molecule has 1 aliphatic rings. The van der Waals surface area contributed by atoms with E-state index in [4.69, 9.17) is 5.73 Å². The fraction of sp³-hybridized carbons (Fsp3) is 1.00. The molecule has 0 saturated heterocycles. The van der Waals surface area contributed by atoms with Gasteiger partial charge in [-0.3, -0.25) is 4.39 Å². The minimum Gasteiger partial charge on any atom is -0.330 e. The zero-order valence-electron chi connectivity index (χ0n) is 5.35. The molecule has 0 radical (unpaired) electrons. The van der Waals surface area contributed by atoms with Gasteiger partial charge < -0.3 is 5.73 Å². The largest absolute Gasteiger partial charge is 0.330 e. The molecule has 56 valence electrons. The Labute approximate surface area is 61.2 Å². The Kier molecular flexibility index (Phi) is 4.15. The molecule has 2 atom stereocenters. The first-order valence-electron chi connectivity index (χ1n) is 3.14. The summed E-state index contributed by atoms with van der Waals surface area (Å²) in [5, 5.41) is 0. The molecule has 9 heavy (non-hydrogen) atoms. The summed E-state index contributed by atoms with van der Waals surface area (Å²) in [5.74, 6) is 0.806. The van der Waals surface area contributed by atoms with Crippen molar-refractivity contribution in [2.75, 3.05) is 13.2 Å². The maximum Gasteiger partial charge on any atom is 0.0925 e. The van der Waals surface area contributed by atoms with Crippen molar-refractivity contribution in [3.8, 4) is 0 Å². The van der Waals surface area contributed by atoms with Crippen molar-refractivity contribution >= 4 is 12.4 Å². The maximum atomic E-state index is 11.8. The molecular formula is C6H13ClFN. The van der Waals surface area contributed by atoms with Gasteiger partial charge in [0, 0.05) is 0 Å². The highest BCUT2D eigenvalue weighted by Crippen LogP contribution is 2.33. The Hall–Kier alpha value is 0.180. The molecule has 1 saturated carbocycles. The van der Waals surface area contributed by atoms with Gasteiger partial charge in [0.15, 0.2) is 0 Å². The van der Waals surface area contributed by atoms with Crippen molar-refractivity contribution in [2.45, 2.75) is 12.8 Å². The molecule has 0 bridgehead atoms. The number of rotatable bonds is 2. The minimum atomic E-state index is -0.165. The molecule has 2 N–H and O–H groups in total. The van der Waals surface area contributed by atoms with Crippen LogP contribution in [0.3, 0.4) is 0 Å². The van der Waals surface area contributed by atoms with Crippen LogP contribution in [0.5, 0.6) is 0 Å². The third-order valence-electron chi connectivity index (χ3n) is 2.08. The Morgan fingerprint density at radius 1 is 1.33 bits per heavy atom. The fourth-order valence-electron chi connectivity index (χ4n) is 1.15. The van der Waals surface area contributed by atoms with Crippen LogP contribution in [0.1, 0.15) is 12.8 Å². The van der Waals surface area contributed by atoms with Gasteiger partial charge in [0.25, 0.3) is 0 Å². The summed E-state index contributed by atoms with van der Waals surface area (Å²) in [7, 11) is 0. The summed E-state index contributed by atoms with van der Waals surface area (Å²) < 4.78 is 11.8. The lowest BCUT2D eigenvalue weighted by Gasteiger charge is -2.33. The first-order chi connectivity index (χ1) is 3.88. The molecule has 0 heterocycles. The molecule has 3 heteroatoms. The lowest BCUT2D eigenvalue weighted by molar-refractivity contribution is 0.144. The van der Waals surface area contributed by atoms with E-state index in [1.165, 1.54) is 0 Å². The molecule has 0 unspecified atom stereocenters. The van der Waals surface area contributed by atoms with E-state index in [-0.39, 0.29) is 19.1 Å². The minimum absolute atomic E-state index is 0. The summed E-state index contributed by atoms with van der Waals surface area (Å²) in [6.07, 6.45) is 2.20. The highest BCUT2D eigenvalue weighted by molar-refractivity contribution is 5.85. The van der Waals surface area contributed by atoms with Gasteiger partial charge in [0.2, 0.25) is 0 Å². The Bertz CT molecular complexity index is 65.5. The van der Waals surface area contributed by atoms with Crippen molar-refractivity contribution in [3.05, 3.63) is 0 Å². The number of halogens is 2. The average molecular weight is 154 g/mol. The van der Waals surface area contributed by atoms with Crippen LogP contribution in [-0.4, -0.2) is 13.2 Å². The van der Waals surface area contributed by atoms with Gasteiger partial charge in [0.05, 0.1) is 6.67 Å². The first kappa shape index (κ1) is 9.18. The van der Waals surface area contributed by atoms with Gasteiger partial charge in [-0.2, -0.15) is 0 Å². The fourth-order valence-corrected chi connectivity index (χ4v) is 1.15. The first-order valence-corrected chi connectivity index (χ1v) is 3.14. The maximum absolute atomic E-state index is 11.8. The van der Waals surface area contributed by atoms with E-state index in [9.17, 15) is 4.39 Å². The Morgan fingerprint density at radius 3 is 2.00 bits per heavy atom. The zero-order valence-corrected chi connectivity index (χ0v) is 6.16. The molecule has 0 aromatic carbocycles. The Balaban J connectivity index is 0.000000640. The summed E-state index contributed by atoms with van der Waals surface area (Å²) >= 11 is 0. The average Bonchev–Trinajstić information content (AvgIpc) is 1.66. The predicted octanol–water partition coefficient (Wildman–Crippen LogP) is 1.36. The van der Waals surface area contributed by atoms with Crippen molar-refractivity contribution < 1.29 is 4.39 Å². The van der Waals surface area contributed by atoms with E-state index in [0.717, 1.165) is 12.8 Å². The third-order valence-corrected chi connectivity index (χ3v) is 2.08. The van der Waals surface area contributed by atoms with Crippen LogP contribution in [0, 0.1) is 11.8 Å². The monoisotopic (exact) mass is 153 g/mol. The summed E-state index contributed by atoms with van der Waals surface area (Å²) in [5.41, 5.74) is 5.33. The number of nitrogens with two attached hydrogens (primary N) is 1. The van der Waals surface area contributed by atoms with E-state index in [1.54, 1.807) is 0 Å². The van der Waals surface area contributed by atoms with Gasteiger partial charge in [-0.25, -0.2) is 0 Å². The standard InChI is InChI=1S/C6H12FN.ClH/c7-3-5-1-2-6(5)4-8;/h5-6H,1-4,8H2;1H/t5-,6-;/m1./s1. The summed E-state index contributed by atoms with van der Waals surface area (Å²) in [6.45, 7) is 0.510. The highest BCUT2D eigenvalue weighted by Gasteiger charge is 2.28. The quantitative estimate of drug-likeness (QED) is 0.637. The number of hydrogen-bond donors (Lipinski definition) is 1. The molecular weight excluding hydrogens is 141 g/mol. The van der Waals surface area contributed by atoms with E-state index in [1.807, 2.05) is 0 Å². The lowest BCUT2D eigenvalue weighted by Crippen LogP contribution is -2.33. The van der Waals surface area contributed by atoms with E-state index >= 15 is 0 Å². The topological polar surface area (TPSA) is 26.0 Å². The predicted molar refractivity (Wildman–Crippen MR) is 38.5 cm³/mol. The molecule has 1 rings (SSSR count). The molecule has 1 nitrogen and oxygen atoms in total. The van der Waals surface area contributed by atoms with E-state index in [0.29, 0.717) is 18.4 Å². The van der Waals surface area contributed by atoms with Crippen molar-refractivity contribution in [1.29, 1.82) is 0 Å². The molecule has 0 amide bonds. The second kappa shape index (κ2) is 4.07. The van der Waals surface area contributed by atoms with Crippen molar-refractivity contribution in [2.24, 2.45) is 17.6 Å². The third kappa shape index (κ3) is 1.80. The van der Waals surface area contributed by atoms with Gasteiger partial charge in [0.1, 0.15) is 0 Å². The van der Waals surface area contributed by atoms with E-state index < -0.39 is 0 Å². The van der Waals surface area contributed by atoms with Gasteiger partial charge >= 0.3 is 0 Å². The normalized spacial score (nSPS) is 32.7.